The summed E-state index contributed by atoms with van der Waals surface area (Å²) >= 11 is 0. The molecule has 0 spiro atoms. The minimum atomic E-state index is -1.28. The molecular formula is C14H21FO4. The third-order valence-electron chi connectivity index (χ3n) is 2.35. The molecule has 0 amide bonds. The molecular weight excluding hydrogens is 251 g/mol. The van der Waals surface area contributed by atoms with E-state index in [0.717, 1.165) is 5.75 Å². The van der Waals surface area contributed by atoms with Crippen molar-refractivity contribution < 1.29 is 23.7 Å². The second kappa shape index (κ2) is 9.72. The second-order valence-corrected chi connectivity index (χ2v) is 4.09. The van der Waals surface area contributed by atoms with Crippen molar-refractivity contribution in [2.24, 2.45) is 0 Å². The first-order valence-electron chi connectivity index (χ1n) is 6.38. The largest absolute Gasteiger partial charge is 0.493 e. The average Bonchev–Trinajstić information content (AvgIpc) is 2.39. The molecule has 0 aliphatic heterocycles. The van der Waals surface area contributed by atoms with Crippen molar-refractivity contribution in [1.82, 2.24) is 0 Å². The molecule has 0 saturated heterocycles. The highest BCUT2D eigenvalue weighted by Gasteiger charge is 2.05. The number of halogens is 1. The summed E-state index contributed by atoms with van der Waals surface area (Å²) in [5, 5.41) is 9.62. The van der Waals surface area contributed by atoms with Crippen LogP contribution in [0.15, 0.2) is 30.3 Å². The van der Waals surface area contributed by atoms with Gasteiger partial charge in [0.1, 0.15) is 5.75 Å². The number of hydrogen-bond acceptors (Lipinski definition) is 4. The quantitative estimate of drug-likeness (QED) is 0.663. The predicted molar refractivity (Wildman–Crippen MR) is 69.9 cm³/mol. The van der Waals surface area contributed by atoms with Crippen LogP contribution in [0.25, 0.3) is 0 Å². The highest BCUT2D eigenvalue weighted by molar-refractivity contribution is 5.20. The molecule has 4 nitrogen and oxygen atoms in total. The predicted octanol–water partition coefficient (Wildman–Crippen LogP) is 2.17. The highest BCUT2D eigenvalue weighted by Crippen LogP contribution is 2.08. The van der Waals surface area contributed by atoms with E-state index in [-0.39, 0.29) is 19.8 Å². The van der Waals surface area contributed by atoms with Gasteiger partial charge in [0, 0.05) is 6.42 Å². The Labute approximate surface area is 113 Å². The molecule has 1 aromatic carbocycles. The molecule has 0 radical (unpaired) electrons. The van der Waals surface area contributed by atoms with Gasteiger partial charge in [-0.25, -0.2) is 4.39 Å². The second-order valence-electron chi connectivity index (χ2n) is 4.09. The van der Waals surface area contributed by atoms with E-state index in [2.05, 4.69) is 4.74 Å². The van der Waals surface area contributed by atoms with Gasteiger partial charge in [-0.3, -0.25) is 0 Å². The summed E-state index contributed by atoms with van der Waals surface area (Å²) in [6.07, 6.45) is -1.39. The van der Waals surface area contributed by atoms with Crippen molar-refractivity contribution in [3.05, 3.63) is 30.3 Å². The summed E-state index contributed by atoms with van der Waals surface area (Å²) in [7, 11) is 0. The lowest BCUT2D eigenvalue weighted by Gasteiger charge is -2.12. The maximum absolute atomic E-state index is 12.3. The Bertz CT molecular complexity index is 318. The molecule has 1 rings (SSSR count). The standard InChI is InChI=1S/C14H21FO4/c1-12(15)18-10-9-17-11-13(16)7-8-19-14-5-3-2-4-6-14/h2-6,12-13,16H,7-11H2,1H3. The molecule has 5 heteroatoms. The van der Waals surface area contributed by atoms with Crippen LogP contribution in [-0.2, 0) is 9.47 Å². The summed E-state index contributed by atoms with van der Waals surface area (Å²) in [6, 6.07) is 9.41. The molecule has 108 valence electrons. The Morgan fingerprint density at radius 2 is 1.89 bits per heavy atom. The van der Waals surface area contributed by atoms with Gasteiger partial charge in [-0.15, -0.1) is 0 Å². The van der Waals surface area contributed by atoms with Gasteiger partial charge in [0.2, 0.25) is 0 Å². The van der Waals surface area contributed by atoms with Crippen LogP contribution in [0.5, 0.6) is 5.75 Å². The van der Waals surface area contributed by atoms with Crippen LogP contribution >= 0.6 is 0 Å². The van der Waals surface area contributed by atoms with Crippen LogP contribution in [-0.4, -0.2) is 44.0 Å². The molecule has 0 aliphatic rings. The molecule has 0 aliphatic carbocycles. The lowest BCUT2D eigenvalue weighted by atomic mass is 10.3. The first kappa shape index (κ1) is 15.9. The fourth-order valence-electron chi connectivity index (χ4n) is 1.40. The van der Waals surface area contributed by atoms with Crippen molar-refractivity contribution >= 4 is 0 Å². The lowest BCUT2D eigenvalue weighted by Crippen LogP contribution is -2.20. The van der Waals surface area contributed by atoms with E-state index in [4.69, 9.17) is 9.47 Å². The highest BCUT2D eigenvalue weighted by atomic mass is 19.1. The minimum absolute atomic E-state index is 0.185. The minimum Gasteiger partial charge on any atom is -0.493 e. The van der Waals surface area contributed by atoms with Gasteiger partial charge in [0.25, 0.3) is 0 Å². The van der Waals surface area contributed by atoms with Gasteiger partial charge in [0.15, 0.2) is 6.36 Å². The fourth-order valence-corrected chi connectivity index (χ4v) is 1.40. The third-order valence-corrected chi connectivity index (χ3v) is 2.35. The molecule has 2 atom stereocenters. The van der Waals surface area contributed by atoms with Gasteiger partial charge >= 0.3 is 0 Å². The Balaban J connectivity index is 1.97. The molecule has 0 aromatic heterocycles. The zero-order chi connectivity index (χ0) is 13.9. The molecule has 0 fully saturated rings. The van der Waals surface area contributed by atoms with Crippen LogP contribution in [0.3, 0.4) is 0 Å². The van der Waals surface area contributed by atoms with Gasteiger partial charge in [-0.1, -0.05) is 18.2 Å². The third kappa shape index (κ3) is 8.53. The molecule has 0 bridgehead atoms. The van der Waals surface area contributed by atoms with E-state index >= 15 is 0 Å². The molecule has 19 heavy (non-hydrogen) atoms. The number of ether oxygens (including phenoxy) is 3. The molecule has 0 saturated carbocycles. The van der Waals surface area contributed by atoms with Crippen molar-refractivity contribution in [3.8, 4) is 5.75 Å². The van der Waals surface area contributed by atoms with Crippen LogP contribution < -0.4 is 4.74 Å². The first-order valence-corrected chi connectivity index (χ1v) is 6.38. The number of alkyl halides is 1. The van der Waals surface area contributed by atoms with Crippen molar-refractivity contribution in [3.63, 3.8) is 0 Å². The summed E-state index contributed by atoms with van der Waals surface area (Å²) in [5.74, 6) is 0.779. The maximum atomic E-state index is 12.3. The van der Waals surface area contributed by atoms with E-state index in [1.165, 1.54) is 6.92 Å². The van der Waals surface area contributed by atoms with Crippen LogP contribution in [0, 0.1) is 0 Å². The zero-order valence-corrected chi connectivity index (χ0v) is 11.1. The summed E-state index contributed by atoms with van der Waals surface area (Å²) < 4.78 is 27.5. The average molecular weight is 272 g/mol. The van der Waals surface area contributed by atoms with Gasteiger partial charge in [-0.05, 0) is 19.1 Å². The summed E-state index contributed by atoms with van der Waals surface area (Å²) in [4.78, 5) is 0. The lowest BCUT2D eigenvalue weighted by molar-refractivity contribution is -0.0597. The van der Waals surface area contributed by atoms with E-state index in [9.17, 15) is 9.50 Å². The number of aliphatic hydroxyl groups is 1. The van der Waals surface area contributed by atoms with Crippen molar-refractivity contribution in [1.29, 1.82) is 0 Å². The van der Waals surface area contributed by atoms with Gasteiger partial charge < -0.3 is 19.3 Å². The SMILES string of the molecule is CC(F)OCCOCC(O)CCOc1ccccc1. The van der Waals surface area contributed by atoms with E-state index < -0.39 is 12.5 Å². The summed E-state index contributed by atoms with van der Waals surface area (Å²) in [5.41, 5.74) is 0. The van der Waals surface area contributed by atoms with Crippen LogP contribution in [0.4, 0.5) is 4.39 Å². The van der Waals surface area contributed by atoms with Gasteiger partial charge in [0.05, 0.1) is 32.5 Å². The molecule has 1 N–H and O–H groups in total. The fraction of sp³-hybridized carbons (Fsp3) is 0.571. The van der Waals surface area contributed by atoms with Crippen LogP contribution in [0.1, 0.15) is 13.3 Å². The van der Waals surface area contributed by atoms with E-state index in [0.29, 0.717) is 13.0 Å². The molecule has 0 heterocycles. The number of para-hydroxylation sites is 1. The van der Waals surface area contributed by atoms with E-state index in [1.54, 1.807) is 0 Å². The van der Waals surface area contributed by atoms with Crippen molar-refractivity contribution in [2.75, 3.05) is 26.4 Å². The monoisotopic (exact) mass is 272 g/mol. The normalized spacial score (nSPS) is 14.1. The number of benzene rings is 1. The number of rotatable bonds is 10. The number of hydrogen-bond donors (Lipinski definition) is 1. The maximum Gasteiger partial charge on any atom is 0.195 e. The van der Waals surface area contributed by atoms with E-state index in [1.807, 2.05) is 30.3 Å². The Kier molecular flexibility index (Phi) is 8.13. The molecule has 2 unspecified atom stereocenters. The Hall–Kier alpha value is -1.17. The summed E-state index contributed by atoms with van der Waals surface area (Å²) in [6.45, 7) is 2.39. The smallest absolute Gasteiger partial charge is 0.195 e. The Morgan fingerprint density at radius 1 is 1.16 bits per heavy atom. The zero-order valence-electron chi connectivity index (χ0n) is 11.1. The van der Waals surface area contributed by atoms with Crippen molar-refractivity contribution in [2.45, 2.75) is 25.8 Å². The first-order chi connectivity index (χ1) is 9.18. The topological polar surface area (TPSA) is 47.9 Å². The number of aliphatic hydroxyl groups excluding tert-OH is 1. The van der Waals surface area contributed by atoms with Crippen LogP contribution in [0.2, 0.25) is 0 Å². The Morgan fingerprint density at radius 3 is 2.58 bits per heavy atom. The van der Waals surface area contributed by atoms with Gasteiger partial charge in [-0.2, -0.15) is 0 Å². The molecule has 1 aromatic rings.